The number of halogens is 2. The molecule has 0 aromatic carbocycles. The summed E-state index contributed by atoms with van der Waals surface area (Å²) in [6, 6.07) is 1.33. The highest BCUT2D eigenvalue weighted by molar-refractivity contribution is 7.17. The molecule has 2 aromatic heterocycles. The molecule has 0 spiro atoms. The fourth-order valence-electron chi connectivity index (χ4n) is 3.26. The quantitative estimate of drug-likeness (QED) is 0.705. The Hall–Kier alpha value is -1.83. The lowest BCUT2D eigenvalue weighted by Gasteiger charge is -2.18. The van der Waals surface area contributed by atoms with Crippen LogP contribution in [0.1, 0.15) is 41.1 Å². The lowest BCUT2D eigenvalue weighted by atomic mass is 9.88. The van der Waals surface area contributed by atoms with Gasteiger partial charge in [-0.15, -0.1) is 11.3 Å². The molecule has 28 heavy (non-hydrogen) atoms. The van der Waals surface area contributed by atoms with Crippen LogP contribution < -0.4 is 10.9 Å². The van der Waals surface area contributed by atoms with Crippen LogP contribution >= 0.6 is 34.5 Å². The van der Waals surface area contributed by atoms with Gasteiger partial charge < -0.3 is 14.6 Å². The minimum absolute atomic E-state index is 0.0620. The molecule has 150 valence electrons. The SMILES string of the molecule is CCOC(=O)c1c(NC(=O)Cn2cc(Cl)cc(Cl)c2=O)sc2c1CCC(C)C2. The zero-order chi connectivity index (χ0) is 20.4. The number of hydrogen-bond acceptors (Lipinski definition) is 5. The van der Waals surface area contributed by atoms with E-state index in [0.29, 0.717) is 16.5 Å². The van der Waals surface area contributed by atoms with Gasteiger partial charge >= 0.3 is 5.97 Å². The summed E-state index contributed by atoms with van der Waals surface area (Å²) in [7, 11) is 0. The van der Waals surface area contributed by atoms with Crippen molar-refractivity contribution in [1.29, 1.82) is 0 Å². The van der Waals surface area contributed by atoms with E-state index in [1.54, 1.807) is 6.92 Å². The standard InChI is InChI=1S/C19H20Cl2N2O4S/c1-3-27-19(26)16-12-5-4-10(2)6-14(12)28-17(16)22-15(24)9-23-8-11(20)7-13(21)18(23)25/h7-8,10H,3-6,9H2,1-2H3,(H,22,24). The van der Waals surface area contributed by atoms with Gasteiger partial charge in [0, 0.05) is 11.1 Å². The number of nitrogens with zero attached hydrogens (tertiary/aromatic N) is 1. The van der Waals surface area contributed by atoms with Crippen molar-refractivity contribution in [3.05, 3.63) is 48.7 Å². The first-order valence-corrected chi connectivity index (χ1v) is 10.5. The van der Waals surface area contributed by atoms with Gasteiger partial charge in [0.2, 0.25) is 5.91 Å². The van der Waals surface area contributed by atoms with Gasteiger partial charge in [-0.25, -0.2) is 4.79 Å². The number of thiophene rings is 1. The van der Waals surface area contributed by atoms with Crippen LogP contribution in [0.15, 0.2) is 17.1 Å². The Kier molecular flexibility index (Phi) is 6.47. The van der Waals surface area contributed by atoms with Gasteiger partial charge in [0.05, 0.1) is 17.2 Å². The van der Waals surface area contributed by atoms with Crippen LogP contribution in [0.4, 0.5) is 5.00 Å². The van der Waals surface area contributed by atoms with Crippen molar-refractivity contribution in [3.8, 4) is 0 Å². The highest BCUT2D eigenvalue weighted by Gasteiger charge is 2.29. The van der Waals surface area contributed by atoms with Crippen LogP contribution in [-0.4, -0.2) is 23.1 Å². The van der Waals surface area contributed by atoms with Gasteiger partial charge in [0.25, 0.3) is 5.56 Å². The third-order valence-corrected chi connectivity index (χ3v) is 6.21. The molecular weight excluding hydrogens is 423 g/mol. The summed E-state index contributed by atoms with van der Waals surface area (Å²) in [4.78, 5) is 38.3. The van der Waals surface area contributed by atoms with E-state index in [2.05, 4.69) is 12.2 Å². The largest absolute Gasteiger partial charge is 0.462 e. The maximum absolute atomic E-state index is 12.6. The van der Waals surface area contributed by atoms with Crippen LogP contribution in [0.25, 0.3) is 0 Å². The molecule has 2 aromatic rings. The topological polar surface area (TPSA) is 77.4 Å². The number of carbonyl (C=O) groups excluding carboxylic acids is 2. The molecule has 1 amide bonds. The van der Waals surface area contributed by atoms with Crippen molar-refractivity contribution < 1.29 is 14.3 Å². The molecule has 0 saturated heterocycles. The molecule has 0 bridgehead atoms. The first-order chi connectivity index (χ1) is 13.3. The molecule has 1 aliphatic rings. The maximum atomic E-state index is 12.6. The van der Waals surface area contributed by atoms with Crippen molar-refractivity contribution in [1.82, 2.24) is 4.57 Å². The Morgan fingerprint density at radius 2 is 2.14 bits per heavy atom. The van der Waals surface area contributed by atoms with Crippen molar-refractivity contribution in [2.75, 3.05) is 11.9 Å². The van der Waals surface area contributed by atoms with Gasteiger partial charge in [0.15, 0.2) is 0 Å². The first-order valence-electron chi connectivity index (χ1n) is 8.97. The van der Waals surface area contributed by atoms with Crippen molar-refractivity contribution >= 4 is 51.4 Å². The van der Waals surface area contributed by atoms with Gasteiger partial charge in [-0.3, -0.25) is 9.59 Å². The molecule has 0 radical (unpaired) electrons. The van der Waals surface area contributed by atoms with E-state index < -0.39 is 17.4 Å². The fraction of sp³-hybridized carbons (Fsp3) is 0.421. The second-order valence-electron chi connectivity index (χ2n) is 6.76. The van der Waals surface area contributed by atoms with Crippen LogP contribution in [-0.2, 0) is 28.9 Å². The number of carbonyl (C=O) groups is 2. The number of nitrogens with one attached hydrogen (secondary N) is 1. The number of amides is 1. The predicted octanol–water partition coefficient (Wildman–Crippen LogP) is 4.16. The Balaban J connectivity index is 1.88. The van der Waals surface area contributed by atoms with Crippen molar-refractivity contribution in [2.45, 2.75) is 39.7 Å². The predicted molar refractivity (Wildman–Crippen MR) is 111 cm³/mol. The molecule has 1 aliphatic carbocycles. The summed E-state index contributed by atoms with van der Waals surface area (Å²) in [6.07, 6.45) is 3.98. The average molecular weight is 443 g/mol. The number of fused-ring (bicyclic) bond motifs is 1. The van der Waals surface area contributed by atoms with E-state index in [0.717, 1.165) is 34.3 Å². The summed E-state index contributed by atoms with van der Waals surface area (Å²) in [5, 5.41) is 3.42. The minimum Gasteiger partial charge on any atom is -0.462 e. The number of rotatable bonds is 5. The van der Waals surface area contributed by atoms with Gasteiger partial charge in [0.1, 0.15) is 16.6 Å². The maximum Gasteiger partial charge on any atom is 0.341 e. The molecule has 2 heterocycles. The molecule has 1 N–H and O–H groups in total. The van der Waals surface area contributed by atoms with E-state index in [1.165, 1.54) is 23.6 Å². The van der Waals surface area contributed by atoms with E-state index in [1.807, 2.05) is 0 Å². The molecule has 1 unspecified atom stereocenters. The van der Waals surface area contributed by atoms with Gasteiger partial charge in [-0.1, -0.05) is 30.1 Å². The van der Waals surface area contributed by atoms with Crippen LogP contribution in [0, 0.1) is 5.92 Å². The molecule has 0 saturated carbocycles. The number of ether oxygens (including phenoxy) is 1. The van der Waals surface area contributed by atoms with E-state index in [9.17, 15) is 14.4 Å². The molecule has 0 aliphatic heterocycles. The summed E-state index contributed by atoms with van der Waals surface area (Å²) >= 11 is 13.1. The van der Waals surface area contributed by atoms with E-state index in [-0.39, 0.29) is 23.2 Å². The lowest BCUT2D eigenvalue weighted by molar-refractivity contribution is -0.116. The summed E-state index contributed by atoms with van der Waals surface area (Å²) in [5.41, 5.74) is 0.879. The van der Waals surface area contributed by atoms with Crippen molar-refractivity contribution in [2.24, 2.45) is 5.92 Å². The number of esters is 1. The normalized spacial score (nSPS) is 15.8. The Bertz CT molecular complexity index is 983. The monoisotopic (exact) mass is 442 g/mol. The molecule has 6 nitrogen and oxygen atoms in total. The lowest BCUT2D eigenvalue weighted by Crippen LogP contribution is -2.27. The zero-order valence-electron chi connectivity index (χ0n) is 15.5. The average Bonchev–Trinajstić information content (AvgIpc) is 2.96. The summed E-state index contributed by atoms with van der Waals surface area (Å²) < 4.78 is 6.34. The Morgan fingerprint density at radius 3 is 2.86 bits per heavy atom. The third kappa shape index (κ3) is 4.42. The molecule has 9 heteroatoms. The first kappa shape index (κ1) is 20.9. The second kappa shape index (κ2) is 8.68. The number of aromatic nitrogens is 1. The number of hydrogen-bond donors (Lipinski definition) is 1. The third-order valence-electron chi connectivity index (χ3n) is 4.57. The second-order valence-corrected chi connectivity index (χ2v) is 8.71. The molecule has 3 rings (SSSR count). The number of pyridine rings is 1. The zero-order valence-corrected chi connectivity index (χ0v) is 17.8. The summed E-state index contributed by atoms with van der Waals surface area (Å²) in [5.74, 6) is -0.359. The van der Waals surface area contributed by atoms with Gasteiger partial charge in [-0.2, -0.15) is 0 Å². The highest BCUT2D eigenvalue weighted by atomic mass is 35.5. The van der Waals surface area contributed by atoms with E-state index >= 15 is 0 Å². The molecule has 1 atom stereocenters. The number of anilines is 1. The molecular formula is C19H20Cl2N2O4S. The Morgan fingerprint density at radius 1 is 1.39 bits per heavy atom. The smallest absolute Gasteiger partial charge is 0.341 e. The fourth-order valence-corrected chi connectivity index (χ4v) is 5.19. The van der Waals surface area contributed by atoms with Crippen LogP contribution in [0.5, 0.6) is 0 Å². The van der Waals surface area contributed by atoms with Gasteiger partial charge in [-0.05, 0) is 43.7 Å². The van der Waals surface area contributed by atoms with Crippen LogP contribution in [0.3, 0.4) is 0 Å². The van der Waals surface area contributed by atoms with E-state index in [4.69, 9.17) is 27.9 Å². The van der Waals surface area contributed by atoms with Crippen molar-refractivity contribution in [3.63, 3.8) is 0 Å². The minimum atomic E-state index is -0.508. The summed E-state index contributed by atoms with van der Waals surface area (Å²) in [6.45, 7) is 3.90. The van der Waals surface area contributed by atoms with Crippen LogP contribution in [0.2, 0.25) is 10.0 Å². The Labute approximate surface area is 176 Å². The molecule has 0 fully saturated rings. The highest BCUT2D eigenvalue weighted by Crippen LogP contribution is 2.40.